The molecule has 7 aromatic carbocycles. The lowest BCUT2D eigenvalue weighted by Crippen LogP contribution is -2.10. The fourth-order valence-electron chi connectivity index (χ4n) is 7.74. The van der Waals surface area contributed by atoms with E-state index in [9.17, 15) is 0 Å². The summed E-state index contributed by atoms with van der Waals surface area (Å²) in [5.41, 5.74) is 13.0. The van der Waals surface area contributed by atoms with E-state index in [2.05, 4.69) is 156 Å². The second kappa shape index (κ2) is 13.2. The van der Waals surface area contributed by atoms with Gasteiger partial charge >= 0.3 is 0 Å². The van der Waals surface area contributed by atoms with E-state index < -0.39 is 0 Å². The highest BCUT2D eigenvalue weighted by Crippen LogP contribution is 2.41. The van der Waals surface area contributed by atoms with Crippen molar-refractivity contribution in [2.75, 3.05) is 4.90 Å². The molecule has 5 nitrogen and oxygen atoms in total. The Balaban J connectivity index is 1.01. The molecule has 0 amide bonds. The van der Waals surface area contributed by atoms with Crippen molar-refractivity contribution in [1.29, 1.82) is 0 Å². The first-order valence-corrected chi connectivity index (χ1v) is 20.2. The first-order chi connectivity index (χ1) is 27.6. The highest BCUT2D eigenvalue weighted by Gasteiger charge is 2.17. The Hall–Kier alpha value is -6.80. The van der Waals surface area contributed by atoms with Crippen molar-refractivity contribution in [3.8, 4) is 32.3 Å². The van der Waals surface area contributed by atoms with Crippen molar-refractivity contribution in [2.24, 2.45) is 0 Å². The summed E-state index contributed by atoms with van der Waals surface area (Å²) in [6.45, 7) is 2.21. The van der Waals surface area contributed by atoms with Gasteiger partial charge in [0.2, 0.25) is 0 Å². The van der Waals surface area contributed by atoms with Gasteiger partial charge in [-0.1, -0.05) is 42.5 Å². The lowest BCUT2D eigenvalue weighted by molar-refractivity contribution is 1.29. The second-order valence-corrected chi connectivity index (χ2v) is 16.1. The zero-order valence-electron chi connectivity index (χ0n) is 30.2. The molecule has 0 saturated heterocycles. The van der Waals surface area contributed by atoms with Crippen molar-refractivity contribution >= 4 is 92.7 Å². The molecular weight excluding hydrogens is 723 g/mol. The average molecular weight is 754 g/mol. The third kappa shape index (κ3) is 5.68. The molecule has 0 radical (unpaired) electrons. The number of hydrogen-bond acceptors (Lipinski definition) is 7. The van der Waals surface area contributed by atoms with Crippen LogP contribution in [-0.2, 0) is 0 Å². The maximum absolute atomic E-state index is 4.92. The second-order valence-electron chi connectivity index (χ2n) is 14.0. The highest BCUT2D eigenvalue weighted by molar-refractivity contribution is 7.22. The molecule has 11 aromatic rings. The minimum absolute atomic E-state index is 0.968. The summed E-state index contributed by atoms with van der Waals surface area (Å²) in [5.74, 6) is 0. The van der Waals surface area contributed by atoms with Gasteiger partial charge in [-0.15, -0.1) is 22.7 Å². The molecule has 0 aliphatic rings. The summed E-state index contributed by atoms with van der Waals surface area (Å²) >= 11 is 3.45. The Morgan fingerprint density at radius 1 is 0.429 bits per heavy atom. The normalized spacial score (nSPS) is 11.7. The molecule has 264 valence electrons. The lowest BCUT2D eigenvalue weighted by atomic mass is 9.94. The molecular formula is C49H31N5S2. The highest BCUT2D eigenvalue weighted by atomic mass is 32.1. The summed E-state index contributed by atoms with van der Waals surface area (Å²) in [7, 11) is 0. The molecule has 0 spiro atoms. The van der Waals surface area contributed by atoms with E-state index in [0.29, 0.717) is 0 Å². The van der Waals surface area contributed by atoms with Crippen LogP contribution in [0.2, 0.25) is 0 Å². The van der Waals surface area contributed by atoms with Crippen LogP contribution in [0.15, 0.2) is 170 Å². The Kier molecular flexibility index (Phi) is 7.69. The number of aromatic nitrogens is 4. The standard InChI is InChI=1S/C49H31N5S2/c1-30-25-35(39-22-24-51-45-27-34-7-6-23-50-44(34)29-41(39)45)26-33-16-21-38(28-40(30)33)54(36-17-12-31(13-18-36)48-52-42-8-2-4-10-46(42)55-48)37-19-14-32(15-20-37)49-53-43-9-3-5-11-47(43)56-49/h2-29H,1H3. The van der Waals surface area contributed by atoms with Crippen LogP contribution in [0.5, 0.6) is 0 Å². The molecule has 0 unspecified atom stereocenters. The van der Waals surface area contributed by atoms with Gasteiger partial charge in [0.15, 0.2) is 0 Å². The van der Waals surface area contributed by atoms with E-state index in [1.807, 2.05) is 30.6 Å². The molecule has 0 aliphatic carbocycles. The quantitative estimate of drug-likeness (QED) is 0.158. The molecule has 56 heavy (non-hydrogen) atoms. The summed E-state index contributed by atoms with van der Waals surface area (Å²) in [4.78, 5) is 21.5. The van der Waals surface area contributed by atoms with Crippen molar-refractivity contribution in [1.82, 2.24) is 19.9 Å². The summed E-state index contributed by atoms with van der Waals surface area (Å²) in [6.07, 6.45) is 3.75. The van der Waals surface area contributed by atoms with Gasteiger partial charge in [-0.3, -0.25) is 9.97 Å². The lowest BCUT2D eigenvalue weighted by Gasteiger charge is -2.26. The predicted octanol–water partition coefficient (Wildman–Crippen LogP) is 13.9. The van der Waals surface area contributed by atoms with E-state index in [1.165, 1.54) is 25.7 Å². The Morgan fingerprint density at radius 2 is 1.05 bits per heavy atom. The first kappa shape index (κ1) is 32.6. The Bertz CT molecular complexity index is 3090. The molecule has 11 rings (SSSR count). The largest absolute Gasteiger partial charge is 0.310 e. The van der Waals surface area contributed by atoms with Gasteiger partial charge in [-0.25, -0.2) is 9.97 Å². The number of para-hydroxylation sites is 2. The van der Waals surface area contributed by atoms with E-state index in [0.717, 1.165) is 82.2 Å². The predicted molar refractivity (Wildman–Crippen MR) is 237 cm³/mol. The zero-order chi connectivity index (χ0) is 37.2. The van der Waals surface area contributed by atoms with Crippen molar-refractivity contribution in [2.45, 2.75) is 6.92 Å². The fraction of sp³-hybridized carbons (Fsp3) is 0.0204. The number of fused-ring (bicyclic) bond motifs is 5. The summed E-state index contributed by atoms with van der Waals surface area (Å²) in [5, 5.41) is 6.63. The summed E-state index contributed by atoms with van der Waals surface area (Å²) in [6, 6.07) is 56.1. The zero-order valence-corrected chi connectivity index (χ0v) is 31.9. The monoisotopic (exact) mass is 753 g/mol. The van der Waals surface area contributed by atoms with Gasteiger partial charge in [0, 0.05) is 51.4 Å². The Labute approximate surface area is 330 Å². The number of thiazole rings is 2. The fourth-order valence-corrected chi connectivity index (χ4v) is 9.68. The molecule has 0 fully saturated rings. The molecule has 0 N–H and O–H groups in total. The average Bonchev–Trinajstić information content (AvgIpc) is 3.89. The van der Waals surface area contributed by atoms with Crippen molar-refractivity contribution in [3.63, 3.8) is 0 Å². The van der Waals surface area contributed by atoms with Gasteiger partial charge in [0.25, 0.3) is 0 Å². The Morgan fingerprint density at radius 3 is 1.71 bits per heavy atom. The van der Waals surface area contributed by atoms with Gasteiger partial charge in [-0.2, -0.15) is 0 Å². The maximum Gasteiger partial charge on any atom is 0.124 e. The van der Waals surface area contributed by atoms with Gasteiger partial charge < -0.3 is 4.90 Å². The maximum atomic E-state index is 4.92. The van der Waals surface area contributed by atoms with E-state index in [-0.39, 0.29) is 0 Å². The van der Waals surface area contributed by atoms with E-state index in [4.69, 9.17) is 15.0 Å². The van der Waals surface area contributed by atoms with E-state index >= 15 is 0 Å². The number of hydrogen-bond donors (Lipinski definition) is 0. The molecule has 4 aromatic heterocycles. The van der Waals surface area contributed by atoms with Gasteiger partial charge in [0.05, 0.1) is 31.5 Å². The minimum Gasteiger partial charge on any atom is -0.310 e. The molecule has 0 saturated carbocycles. The number of rotatable bonds is 6. The van der Waals surface area contributed by atoms with Crippen molar-refractivity contribution in [3.05, 3.63) is 176 Å². The molecule has 0 aliphatic heterocycles. The SMILES string of the molecule is Cc1cc(-c2ccnc3cc4cccnc4cc23)cc2ccc(N(c3ccc(-c4nc5ccccc5s4)cc3)c3ccc(-c4nc5ccccc5s4)cc3)cc12. The molecule has 0 bridgehead atoms. The van der Waals surface area contributed by atoms with Crippen LogP contribution >= 0.6 is 22.7 Å². The number of benzene rings is 7. The first-order valence-electron chi connectivity index (χ1n) is 18.5. The molecule has 4 heterocycles. The van der Waals surface area contributed by atoms with Gasteiger partial charge in [0.1, 0.15) is 10.0 Å². The molecule has 0 atom stereocenters. The van der Waals surface area contributed by atoms with Crippen LogP contribution in [0.3, 0.4) is 0 Å². The number of anilines is 3. The number of nitrogens with zero attached hydrogens (tertiary/aromatic N) is 5. The van der Waals surface area contributed by atoms with Crippen LogP contribution in [0.25, 0.3) is 85.3 Å². The van der Waals surface area contributed by atoms with Crippen LogP contribution in [0, 0.1) is 6.92 Å². The number of aryl methyl sites for hydroxylation is 1. The summed E-state index contributed by atoms with van der Waals surface area (Å²) < 4.78 is 2.39. The van der Waals surface area contributed by atoms with Crippen LogP contribution < -0.4 is 4.90 Å². The third-order valence-electron chi connectivity index (χ3n) is 10.5. The third-order valence-corrected chi connectivity index (χ3v) is 12.7. The topological polar surface area (TPSA) is 54.8 Å². The van der Waals surface area contributed by atoms with Gasteiger partial charge in [-0.05, 0) is 150 Å². The minimum atomic E-state index is 0.968. The smallest absolute Gasteiger partial charge is 0.124 e. The van der Waals surface area contributed by atoms with Crippen LogP contribution in [0.1, 0.15) is 5.56 Å². The number of pyridine rings is 2. The van der Waals surface area contributed by atoms with Crippen LogP contribution in [0.4, 0.5) is 17.1 Å². The van der Waals surface area contributed by atoms with Crippen molar-refractivity contribution < 1.29 is 0 Å². The van der Waals surface area contributed by atoms with Crippen LogP contribution in [-0.4, -0.2) is 19.9 Å². The van der Waals surface area contributed by atoms with E-state index in [1.54, 1.807) is 22.7 Å². The molecule has 7 heteroatoms.